The van der Waals surface area contributed by atoms with Crippen LogP contribution in [0.2, 0.25) is 0 Å². The van der Waals surface area contributed by atoms with E-state index >= 15 is 0 Å². The number of hydrogen-bond donors (Lipinski definition) is 1. The molecule has 0 fully saturated rings. The number of hydrogen-bond acceptors (Lipinski definition) is 4. The van der Waals surface area contributed by atoms with E-state index in [1.807, 2.05) is 18.2 Å². The lowest BCUT2D eigenvalue weighted by atomic mass is 10.0. The molecule has 2 heterocycles. The van der Waals surface area contributed by atoms with Crippen molar-refractivity contribution in [2.75, 3.05) is 4.90 Å². The second kappa shape index (κ2) is 5.82. The van der Waals surface area contributed by atoms with Gasteiger partial charge in [-0.05, 0) is 44.7 Å². The predicted molar refractivity (Wildman–Crippen MR) is 88.5 cm³/mol. The summed E-state index contributed by atoms with van der Waals surface area (Å²) in [6.45, 7) is 5.32. The molecule has 1 N–H and O–H groups in total. The molecule has 3 rings (SSSR count). The number of nitrogens with zero attached hydrogens (tertiary/aromatic N) is 2. The summed E-state index contributed by atoms with van der Waals surface area (Å²) in [4.78, 5) is 26.6. The largest absolute Gasteiger partial charge is 0.444 e. The third-order valence-corrected chi connectivity index (χ3v) is 4.25. The van der Waals surface area contributed by atoms with Crippen LogP contribution >= 0.6 is 0 Å². The lowest BCUT2D eigenvalue weighted by Crippen LogP contribution is -2.51. The van der Waals surface area contributed by atoms with E-state index in [0.29, 0.717) is 19.3 Å². The predicted octanol–water partition coefficient (Wildman–Crippen LogP) is 2.31. The van der Waals surface area contributed by atoms with Gasteiger partial charge in [0.05, 0.1) is 11.8 Å². The summed E-state index contributed by atoms with van der Waals surface area (Å²) < 4.78 is 5.26. The molecule has 6 heteroatoms. The van der Waals surface area contributed by atoms with E-state index in [0.717, 1.165) is 16.8 Å². The molecule has 6 nitrogen and oxygen atoms in total. The van der Waals surface area contributed by atoms with Crippen LogP contribution in [-0.4, -0.2) is 29.7 Å². The molecule has 1 aromatic carbocycles. The minimum Gasteiger partial charge on any atom is -0.444 e. The number of ether oxygens (including phenoxy) is 1. The van der Waals surface area contributed by atoms with Gasteiger partial charge in [-0.2, -0.15) is 5.26 Å². The lowest BCUT2D eigenvalue weighted by molar-refractivity contribution is -0.120. The number of nitriles is 1. The van der Waals surface area contributed by atoms with Crippen LogP contribution in [0.5, 0.6) is 0 Å². The third-order valence-electron chi connectivity index (χ3n) is 4.25. The van der Waals surface area contributed by atoms with Gasteiger partial charge in [-0.15, -0.1) is 0 Å². The lowest BCUT2D eigenvalue weighted by Gasteiger charge is -2.26. The standard InChI is InChI=1S/C18H21N3O3/c1-18(2,3)24-17(23)20-14-8-7-11-5-4-6-12-9-13(10-19)21(15(11)12)16(14)22/h4-6,13-14H,7-9H2,1-3H3,(H,20,23)/t13-,14-/m0/s1. The van der Waals surface area contributed by atoms with Crippen molar-refractivity contribution < 1.29 is 14.3 Å². The zero-order valence-corrected chi connectivity index (χ0v) is 14.1. The molecule has 24 heavy (non-hydrogen) atoms. The number of anilines is 1. The van der Waals surface area contributed by atoms with Crippen molar-refractivity contribution in [1.29, 1.82) is 5.26 Å². The summed E-state index contributed by atoms with van der Waals surface area (Å²) in [7, 11) is 0. The fourth-order valence-electron chi connectivity index (χ4n) is 3.32. The summed E-state index contributed by atoms with van der Waals surface area (Å²) in [5, 5.41) is 12.1. The van der Waals surface area contributed by atoms with E-state index in [-0.39, 0.29) is 5.91 Å². The zero-order valence-electron chi connectivity index (χ0n) is 14.1. The highest BCUT2D eigenvalue weighted by Gasteiger charge is 2.41. The first-order valence-corrected chi connectivity index (χ1v) is 8.13. The summed E-state index contributed by atoms with van der Waals surface area (Å²) in [5.41, 5.74) is 2.29. The van der Waals surface area contributed by atoms with Crippen LogP contribution < -0.4 is 10.2 Å². The number of para-hydroxylation sites is 1. The smallest absolute Gasteiger partial charge is 0.408 e. The van der Waals surface area contributed by atoms with Crippen molar-refractivity contribution in [2.24, 2.45) is 0 Å². The highest BCUT2D eigenvalue weighted by Crippen LogP contribution is 2.38. The van der Waals surface area contributed by atoms with Gasteiger partial charge >= 0.3 is 6.09 Å². The van der Waals surface area contributed by atoms with E-state index < -0.39 is 23.8 Å². The average Bonchev–Trinajstić information content (AvgIpc) is 2.81. The second-order valence-electron chi connectivity index (χ2n) is 7.22. The van der Waals surface area contributed by atoms with Crippen molar-refractivity contribution in [3.8, 4) is 6.07 Å². The SMILES string of the molecule is CC(C)(C)OC(=O)N[C@H]1CCc2cccc3c2N(C1=O)[C@H](C#N)C3. The highest BCUT2D eigenvalue weighted by molar-refractivity contribution is 6.02. The Morgan fingerprint density at radius 3 is 2.75 bits per heavy atom. The molecule has 2 amide bonds. The van der Waals surface area contributed by atoms with Gasteiger partial charge in [0.25, 0.3) is 5.91 Å². The fourth-order valence-corrected chi connectivity index (χ4v) is 3.32. The van der Waals surface area contributed by atoms with E-state index in [2.05, 4.69) is 11.4 Å². The van der Waals surface area contributed by atoms with Crippen molar-refractivity contribution in [3.05, 3.63) is 29.3 Å². The molecular weight excluding hydrogens is 306 g/mol. The minimum absolute atomic E-state index is 0.240. The highest BCUT2D eigenvalue weighted by atomic mass is 16.6. The zero-order chi connectivity index (χ0) is 17.5. The van der Waals surface area contributed by atoms with Crippen LogP contribution in [0.25, 0.3) is 0 Å². The third kappa shape index (κ3) is 2.94. The average molecular weight is 327 g/mol. The van der Waals surface area contributed by atoms with Crippen molar-refractivity contribution in [3.63, 3.8) is 0 Å². The van der Waals surface area contributed by atoms with Crippen molar-refractivity contribution in [1.82, 2.24) is 5.32 Å². The molecule has 0 aromatic heterocycles. The maximum Gasteiger partial charge on any atom is 0.408 e. The summed E-state index contributed by atoms with van der Waals surface area (Å²) in [6, 6.07) is 6.89. The van der Waals surface area contributed by atoms with Gasteiger partial charge in [-0.1, -0.05) is 18.2 Å². The molecule has 0 radical (unpaired) electrons. The topological polar surface area (TPSA) is 82.4 Å². The Morgan fingerprint density at radius 2 is 2.08 bits per heavy atom. The molecule has 0 saturated heterocycles. The number of carbonyl (C=O) groups is 2. The minimum atomic E-state index is -0.686. The Bertz CT molecular complexity index is 730. The molecule has 0 saturated carbocycles. The normalized spacial score (nSPS) is 22.4. The van der Waals surface area contributed by atoms with Crippen LogP contribution in [-0.2, 0) is 22.4 Å². The van der Waals surface area contributed by atoms with Gasteiger partial charge in [-0.25, -0.2) is 4.79 Å². The Hall–Kier alpha value is -2.55. The van der Waals surface area contributed by atoms with Gasteiger partial charge in [-0.3, -0.25) is 9.69 Å². The van der Waals surface area contributed by atoms with Gasteiger partial charge in [0.15, 0.2) is 0 Å². The molecular formula is C18H21N3O3. The molecule has 0 aliphatic carbocycles. The quantitative estimate of drug-likeness (QED) is 0.858. The fraction of sp³-hybridized carbons (Fsp3) is 0.500. The molecule has 126 valence electrons. The Balaban J connectivity index is 1.87. The Labute approximate surface area is 141 Å². The maximum atomic E-state index is 12.9. The molecule has 1 aromatic rings. The number of benzene rings is 1. The summed E-state index contributed by atoms with van der Waals surface area (Å²) in [6.07, 6.45) is 1.08. The number of rotatable bonds is 1. The molecule has 0 unspecified atom stereocenters. The first kappa shape index (κ1) is 16.3. The maximum absolute atomic E-state index is 12.9. The van der Waals surface area contributed by atoms with Gasteiger partial charge < -0.3 is 10.1 Å². The Morgan fingerprint density at radius 1 is 1.38 bits per heavy atom. The van der Waals surface area contributed by atoms with Crippen molar-refractivity contribution >= 4 is 17.7 Å². The van der Waals surface area contributed by atoms with E-state index in [1.54, 1.807) is 25.7 Å². The van der Waals surface area contributed by atoms with Gasteiger partial charge in [0, 0.05) is 6.42 Å². The van der Waals surface area contributed by atoms with Crippen LogP contribution in [0.3, 0.4) is 0 Å². The number of nitrogens with one attached hydrogen (secondary N) is 1. The second-order valence-corrected chi connectivity index (χ2v) is 7.22. The number of carbonyl (C=O) groups excluding carboxylic acids is 2. The number of alkyl carbamates (subject to hydrolysis) is 1. The Kier molecular flexibility index (Phi) is 3.96. The van der Waals surface area contributed by atoms with Crippen LogP contribution in [0.4, 0.5) is 10.5 Å². The van der Waals surface area contributed by atoms with Crippen LogP contribution in [0.15, 0.2) is 18.2 Å². The first-order chi connectivity index (χ1) is 11.3. The number of aryl methyl sites for hydroxylation is 1. The van der Waals surface area contributed by atoms with Crippen molar-refractivity contribution in [2.45, 2.75) is 57.7 Å². The number of amides is 2. The molecule has 2 atom stereocenters. The van der Waals surface area contributed by atoms with E-state index in [9.17, 15) is 14.9 Å². The van der Waals surface area contributed by atoms with Gasteiger partial charge in [0.2, 0.25) is 0 Å². The van der Waals surface area contributed by atoms with E-state index in [4.69, 9.17) is 4.74 Å². The molecule has 2 aliphatic heterocycles. The van der Waals surface area contributed by atoms with Crippen LogP contribution in [0, 0.1) is 11.3 Å². The van der Waals surface area contributed by atoms with E-state index in [1.165, 1.54) is 0 Å². The van der Waals surface area contributed by atoms with Gasteiger partial charge in [0.1, 0.15) is 17.7 Å². The monoisotopic (exact) mass is 327 g/mol. The first-order valence-electron chi connectivity index (χ1n) is 8.13. The van der Waals surface area contributed by atoms with Crippen LogP contribution in [0.1, 0.15) is 38.3 Å². The molecule has 0 spiro atoms. The summed E-state index contributed by atoms with van der Waals surface area (Å²) in [5.74, 6) is -0.240. The summed E-state index contributed by atoms with van der Waals surface area (Å²) >= 11 is 0. The molecule has 0 bridgehead atoms. The molecule has 2 aliphatic rings.